The second-order valence-corrected chi connectivity index (χ2v) is 4.38. The molecule has 0 saturated carbocycles. The van der Waals surface area contributed by atoms with Gasteiger partial charge in [-0.25, -0.2) is 4.79 Å². The Balaban J connectivity index is 2.08. The van der Waals surface area contributed by atoms with Crippen LogP contribution in [0.1, 0.15) is 17.9 Å². The summed E-state index contributed by atoms with van der Waals surface area (Å²) in [5.41, 5.74) is 1.48. The van der Waals surface area contributed by atoms with Crippen molar-refractivity contribution < 1.29 is 19.1 Å². The highest BCUT2D eigenvalue weighted by Crippen LogP contribution is 2.34. The van der Waals surface area contributed by atoms with E-state index in [1.807, 2.05) is 24.3 Å². The minimum Gasteiger partial charge on any atom is -0.480 e. The summed E-state index contributed by atoms with van der Waals surface area (Å²) in [6.07, 6.45) is 1.73. The van der Waals surface area contributed by atoms with E-state index in [9.17, 15) is 9.59 Å². The Morgan fingerprint density at radius 2 is 2.17 bits per heavy atom. The summed E-state index contributed by atoms with van der Waals surface area (Å²) in [5.74, 6) is -1.63. The standard InChI is InChI=1S/C13H11NO4/c15-11-5-8(12(14-11)13(16)17)9-6-18-10-4-2-1-3-7(9)10/h1-4,6,8,12H,5H2,(H,14,15)(H,16,17). The van der Waals surface area contributed by atoms with Crippen LogP contribution < -0.4 is 5.32 Å². The molecule has 18 heavy (non-hydrogen) atoms. The van der Waals surface area contributed by atoms with Crippen molar-refractivity contribution in [3.63, 3.8) is 0 Å². The van der Waals surface area contributed by atoms with E-state index in [1.165, 1.54) is 0 Å². The predicted octanol–water partition coefficient (Wildman–Crippen LogP) is 1.49. The van der Waals surface area contributed by atoms with Crippen LogP contribution in [0.3, 0.4) is 0 Å². The second-order valence-electron chi connectivity index (χ2n) is 4.38. The maximum absolute atomic E-state index is 11.4. The zero-order chi connectivity index (χ0) is 12.7. The molecule has 0 spiro atoms. The fraction of sp³-hybridized carbons (Fsp3) is 0.231. The molecule has 2 atom stereocenters. The number of hydrogen-bond acceptors (Lipinski definition) is 3. The number of nitrogens with one attached hydrogen (secondary N) is 1. The summed E-state index contributed by atoms with van der Waals surface area (Å²) in [6, 6.07) is 6.52. The average molecular weight is 245 g/mol. The van der Waals surface area contributed by atoms with Crippen molar-refractivity contribution in [2.75, 3.05) is 0 Å². The predicted molar refractivity (Wildman–Crippen MR) is 63.1 cm³/mol. The number of carbonyl (C=O) groups excluding carboxylic acids is 1. The molecule has 0 aliphatic carbocycles. The molecule has 1 aromatic carbocycles. The first-order valence-electron chi connectivity index (χ1n) is 5.65. The molecule has 0 radical (unpaired) electrons. The molecular weight excluding hydrogens is 234 g/mol. The van der Waals surface area contributed by atoms with E-state index >= 15 is 0 Å². The molecule has 1 amide bonds. The first-order chi connectivity index (χ1) is 8.66. The molecular formula is C13H11NO4. The van der Waals surface area contributed by atoms with Crippen molar-refractivity contribution >= 4 is 22.8 Å². The van der Waals surface area contributed by atoms with E-state index in [4.69, 9.17) is 9.52 Å². The smallest absolute Gasteiger partial charge is 0.326 e. The lowest BCUT2D eigenvalue weighted by Crippen LogP contribution is -2.35. The normalized spacial score (nSPS) is 23.2. The number of benzene rings is 1. The Morgan fingerprint density at radius 3 is 2.94 bits per heavy atom. The Morgan fingerprint density at radius 1 is 1.39 bits per heavy atom. The van der Waals surface area contributed by atoms with E-state index in [1.54, 1.807) is 6.26 Å². The highest BCUT2D eigenvalue weighted by molar-refractivity contribution is 5.92. The number of fused-ring (bicyclic) bond motifs is 1. The molecule has 1 aliphatic rings. The van der Waals surface area contributed by atoms with Crippen LogP contribution in [0.2, 0.25) is 0 Å². The van der Waals surface area contributed by atoms with Gasteiger partial charge >= 0.3 is 5.97 Å². The van der Waals surface area contributed by atoms with Crippen molar-refractivity contribution in [3.05, 3.63) is 36.1 Å². The van der Waals surface area contributed by atoms with Gasteiger partial charge in [0.1, 0.15) is 11.6 Å². The minimum absolute atomic E-state index is 0.181. The summed E-state index contributed by atoms with van der Waals surface area (Å²) in [7, 11) is 0. The van der Waals surface area contributed by atoms with Gasteiger partial charge in [0, 0.05) is 23.3 Å². The monoisotopic (exact) mass is 245 g/mol. The molecule has 3 rings (SSSR count). The van der Waals surface area contributed by atoms with Gasteiger partial charge in [0.25, 0.3) is 0 Å². The molecule has 2 N–H and O–H groups in total. The quantitative estimate of drug-likeness (QED) is 0.840. The molecule has 2 heterocycles. The molecule has 5 nitrogen and oxygen atoms in total. The summed E-state index contributed by atoms with van der Waals surface area (Å²) in [6.45, 7) is 0. The third kappa shape index (κ3) is 1.55. The highest BCUT2D eigenvalue weighted by Gasteiger charge is 2.39. The first kappa shape index (κ1) is 10.8. The van der Waals surface area contributed by atoms with Crippen molar-refractivity contribution in [2.24, 2.45) is 0 Å². The van der Waals surface area contributed by atoms with Crippen molar-refractivity contribution in [2.45, 2.75) is 18.4 Å². The molecule has 1 aromatic heterocycles. The first-order valence-corrected chi connectivity index (χ1v) is 5.65. The Kier molecular flexibility index (Phi) is 2.33. The molecule has 2 aromatic rings. The summed E-state index contributed by atoms with van der Waals surface area (Å²) >= 11 is 0. The van der Waals surface area contributed by atoms with Crippen LogP contribution >= 0.6 is 0 Å². The molecule has 2 unspecified atom stereocenters. The van der Waals surface area contributed by atoms with Crippen LogP contribution in [0, 0.1) is 0 Å². The van der Waals surface area contributed by atoms with Crippen molar-refractivity contribution in [1.82, 2.24) is 5.32 Å². The van der Waals surface area contributed by atoms with Crippen LogP contribution in [0.4, 0.5) is 0 Å². The van der Waals surface area contributed by atoms with Gasteiger partial charge in [-0.2, -0.15) is 0 Å². The third-order valence-corrected chi connectivity index (χ3v) is 3.30. The van der Waals surface area contributed by atoms with E-state index < -0.39 is 12.0 Å². The van der Waals surface area contributed by atoms with Gasteiger partial charge in [0.05, 0.1) is 6.26 Å². The lowest BCUT2D eigenvalue weighted by Gasteiger charge is -2.13. The van der Waals surface area contributed by atoms with Crippen LogP contribution in [0.25, 0.3) is 11.0 Å². The lowest BCUT2D eigenvalue weighted by atomic mass is 9.91. The topological polar surface area (TPSA) is 79.5 Å². The number of para-hydroxylation sites is 1. The molecule has 5 heteroatoms. The molecule has 1 fully saturated rings. The number of furan rings is 1. The maximum atomic E-state index is 11.4. The molecule has 92 valence electrons. The highest BCUT2D eigenvalue weighted by atomic mass is 16.4. The largest absolute Gasteiger partial charge is 0.480 e. The van der Waals surface area contributed by atoms with Gasteiger partial charge in [-0.15, -0.1) is 0 Å². The fourth-order valence-electron chi connectivity index (χ4n) is 2.46. The van der Waals surface area contributed by atoms with E-state index in [2.05, 4.69) is 5.32 Å². The Bertz CT molecular complexity index is 631. The van der Waals surface area contributed by atoms with Crippen LogP contribution in [-0.4, -0.2) is 23.0 Å². The van der Waals surface area contributed by atoms with Crippen LogP contribution in [0.15, 0.2) is 34.9 Å². The Hall–Kier alpha value is -2.30. The number of amides is 1. The third-order valence-electron chi connectivity index (χ3n) is 3.30. The van der Waals surface area contributed by atoms with E-state index in [0.29, 0.717) is 5.58 Å². The van der Waals surface area contributed by atoms with Gasteiger partial charge < -0.3 is 14.8 Å². The van der Waals surface area contributed by atoms with Gasteiger partial charge in [0.2, 0.25) is 5.91 Å². The number of carboxylic acid groups (broad SMARTS) is 1. The van der Waals surface area contributed by atoms with Crippen molar-refractivity contribution in [1.29, 1.82) is 0 Å². The van der Waals surface area contributed by atoms with E-state index in [-0.39, 0.29) is 18.2 Å². The summed E-state index contributed by atoms with van der Waals surface area (Å²) in [5, 5.41) is 12.5. The summed E-state index contributed by atoms with van der Waals surface area (Å²) < 4.78 is 5.39. The zero-order valence-corrected chi connectivity index (χ0v) is 9.42. The summed E-state index contributed by atoms with van der Waals surface area (Å²) in [4.78, 5) is 22.5. The number of carboxylic acids is 1. The number of hydrogen-bond donors (Lipinski definition) is 2. The SMILES string of the molecule is O=C1CC(c2coc3ccccc23)C(C(=O)O)N1. The number of carbonyl (C=O) groups is 2. The second kappa shape index (κ2) is 3.87. The number of rotatable bonds is 2. The van der Waals surface area contributed by atoms with Gasteiger partial charge in [-0.1, -0.05) is 18.2 Å². The van der Waals surface area contributed by atoms with E-state index in [0.717, 1.165) is 10.9 Å². The fourth-order valence-corrected chi connectivity index (χ4v) is 2.46. The molecule has 1 aliphatic heterocycles. The van der Waals surface area contributed by atoms with Crippen LogP contribution in [-0.2, 0) is 9.59 Å². The maximum Gasteiger partial charge on any atom is 0.326 e. The minimum atomic E-state index is -1.02. The molecule has 1 saturated heterocycles. The van der Waals surface area contributed by atoms with Gasteiger partial charge in [0.15, 0.2) is 0 Å². The van der Waals surface area contributed by atoms with Crippen molar-refractivity contribution in [3.8, 4) is 0 Å². The average Bonchev–Trinajstić information content (AvgIpc) is 2.92. The molecule has 0 bridgehead atoms. The lowest BCUT2D eigenvalue weighted by molar-refractivity contribution is -0.140. The van der Waals surface area contributed by atoms with Crippen LogP contribution in [0.5, 0.6) is 0 Å². The Labute approximate surface area is 102 Å². The number of aliphatic carboxylic acids is 1. The van der Waals surface area contributed by atoms with Gasteiger partial charge in [-0.3, -0.25) is 4.79 Å². The van der Waals surface area contributed by atoms with Gasteiger partial charge in [-0.05, 0) is 6.07 Å². The zero-order valence-electron chi connectivity index (χ0n) is 9.42.